The minimum atomic E-state index is -0.0870. The van der Waals surface area contributed by atoms with Gasteiger partial charge >= 0.3 is 0 Å². The second kappa shape index (κ2) is 9.86. The predicted molar refractivity (Wildman–Crippen MR) is 113 cm³/mol. The molecular weight excluding hydrogens is 382 g/mol. The Hall–Kier alpha value is -2.71. The third-order valence-electron chi connectivity index (χ3n) is 5.69. The van der Waals surface area contributed by atoms with Crippen LogP contribution in [0.4, 0.5) is 5.69 Å². The lowest BCUT2D eigenvalue weighted by atomic mass is 10.1. The monoisotopic (exact) mass is 411 g/mol. The average Bonchev–Trinajstić information content (AvgIpc) is 3.47. The van der Waals surface area contributed by atoms with Gasteiger partial charge in [0.1, 0.15) is 0 Å². The number of carbonyl (C=O) groups is 2. The molecule has 2 fully saturated rings. The van der Waals surface area contributed by atoms with Crippen molar-refractivity contribution in [3.63, 3.8) is 0 Å². The van der Waals surface area contributed by atoms with Crippen LogP contribution in [0.5, 0.6) is 0 Å². The van der Waals surface area contributed by atoms with Gasteiger partial charge in [-0.15, -0.1) is 0 Å². The third kappa shape index (κ3) is 5.46. The highest BCUT2D eigenvalue weighted by Gasteiger charge is 2.25. The summed E-state index contributed by atoms with van der Waals surface area (Å²) in [6.45, 7) is 5.58. The first-order chi connectivity index (χ1) is 14.7. The second-order valence-corrected chi connectivity index (χ2v) is 7.91. The van der Waals surface area contributed by atoms with Crippen molar-refractivity contribution in [3.8, 4) is 0 Å². The molecule has 3 heterocycles. The lowest BCUT2D eigenvalue weighted by Gasteiger charge is -2.35. The maximum absolute atomic E-state index is 12.9. The van der Waals surface area contributed by atoms with Gasteiger partial charge in [-0.05, 0) is 31.0 Å². The molecule has 2 amide bonds. The molecule has 2 aliphatic rings. The van der Waals surface area contributed by atoms with Crippen molar-refractivity contribution < 1.29 is 14.3 Å². The molecule has 1 aromatic carbocycles. The largest absolute Gasteiger partial charge is 0.377 e. The van der Waals surface area contributed by atoms with Crippen LogP contribution >= 0.6 is 0 Å². The summed E-state index contributed by atoms with van der Waals surface area (Å²) < 4.78 is 7.58. The van der Waals surface area contributed by atoms with Gasteiger partial charge in [-0.2, -0.15) is 0 Å². The molecule has 2 aliphatic heterocycles. The van der Waals surface area contributed by atoms with Crippen LogP contribution in [-0.2, 0) is 16.1 Å². The molecule has 1 unspecified atom stereocenters. The fourth-order valence-corrected chi connectivity index (χ4v) is 4.00. The molecule has 0 spiro atoms. The van der Waals surface area contributed by atoms with Crippen LogP contribution in [-0.4, -0.2) is 76.6 Å². The second-order valence-electron chi connectivity index (χ2n) is 7.91. The zero-order valence-corrected chi connectivity index (χ0v) is 17.2. The summed E-state index contributed by atoms with van der Waals surface area (Å²) in [5.41, 5.74) is 1.25. The van der Waals surface area contributed by atoms with Gasteiger partial charge in [0.2, 0.25) is 5.91 Å². The van der Waals surface area contributed by atoms with Crippen LogP contribution in [0.3, 0.4) is 0 Å². The summed E-state index contributed by atoms with van der Waals surface area (Å²) in [5.74, 6) is -0.0719. The standard InChI is InChI=1S/C22H29N5O3/c28-21(6-8-26-9-7-23-17-26)24-19-4-1-3-18(15-19)22(29)27-12-10-25(11-13-27)16-20-5-2-14-30-20/h1,3-4,7,9,15,17,20H,2,5-6,8,10-14,16H2,(H,24,28). The van der Waals surface area contributed by atoms with Crippen molar-refractivity contribution in [2.75, 3.05) is 44.6 Å². The van der Waals surface area contributed by atoms with E-state index in [-0.39, 0.29) is 11.8 Å². The van der Waals surface area contributed by atoms with Crippen LogP contribution in [0.25, 0.3) is 0 Å². The first-order valence-corrected chi connectivity index (χ1v) is 10.7. The summed E-state index contributed by atoms with van der Waals surface area (Å²) >= 11 is 0. The quantitative estimate of drug-likeness (QED) is 0.752. The molecule has 8 heteroatoms. The van der Waals surface area contributed by atoms with Crippen molar-refractivity contribution >= 4 is 17.5 Å². The van der Waals surface area contributed by atoms with Crippen molar-refractivity contribution in [1.29, 1.82) is 0 Å². The predicted octanol–water partition coefficient (Wildman–Crippen LogP) is 1.85. The Labute approximate surface area is 176 Å². The van der Waals surface area contributed by atoms with Crippen LogP contribution in [0.15, 0.2) is 43.0 Å². The number of anilines is 1. The smallest absolute Gasteiger partial charge is 0.254 e. The van der Waals surface area contributed by atoms with Crippen molar-refractivity contribution in [2.24, 2.45) is 0 Å². The first-order valence-electron chi connectivity index (χ1n) is 10.7. The molecule has 2 saturated heterocycles. The average molecular weight is 412 g/mol. The SMILES string of the molecule is O=C(CCn1ccnc1)Nc1cccc(C(=O)N2CCN(CC3CCCO3)CC2)c1. The molecule has 1 N–H and O–H groups in total. The third-order valence-corrected chi connectivity index (χ3v) is 5.69. The highest BCUT2D eigenvalue weighted by atomic mass is 16.5. The van der Waals surface area contributed by atoms with E-state index in [4.69, 9.17) is 4.74 Å². The molecule has 160 valence electrons. The molecule has 0 saturated carbocycles. The van der Waals surface area contributed by atoms with Gasteiger partial charge < -0.3 is 19.5 Å². The molecule has 0 bridgehead atoms. The number of ether oxygens (including phenoxy) is 1. The highest BCUT2D eigenvalue weighted by molar-refractivity contribution is 5.97. The first kappa shape index (κ1) is 20.6. The Morgan fingerprint density at radius 2 is 2.07 bits per heavy atom. The summed E-state index contributed by atoms with van der Waals surface area (Å²) in [6, 6.07) is 7.19. The molecular formula is C22H29N5O3. The number of aryl methyl sites for hydroxylation is 1. The van der Waals surface area contributed by atoms with E-state index in [1.807, 2.05) is 33.9 Å². The molecule has 2 aromatic rings. The number of imidazole rings is 1. The van der Waals surface area contributed by atoms with E-state index in [2.05, 4.69) is 15.2 Å². The van der Waals surface area contributed by atoms with E-state index < -0.39 is 0 Å². The number of hydrogen-bond donors (Lipinski definition) is 1. The van der Waals surface area contributed by atoms with Crippen LogP contribution in [0, 0.1) is 0 Å². The number of benzene rings is 1. The van der Waals surface area contributed by atoms with Gasteiger partial charge in [0.15, 0.2) is 0 Å². The number of amides is 2. The summed E-state index contributed by atoms with van der Waals surface area (Å²) in [4.78, 5) is 33.4. The van der Waals surface area contributed by atoms with Gasteiger partial charge in [-0.25, -0.2) is 4.98 Å². The fraction of sp³-hybridized carbons (Fsp3) is 0.500. The van der Waals surface area contributed by atoms with Gasteiger partial charge in [-0.3, -0.25) is 14.5 Å². The summed E-state index contributed by atoms with van der Waals surface area (Å²) in [5, 5.41) is 2.88. The fourth-order valence-electron chi connectivity index (χ4n) is 4.00. The maximum atomic E-state index is 12.9. The molecule has 1 aromatic heterocycles. The zero-order chi connectivity index (χ0) is 20.8. The Bertz CT molecular complexity index is 840. The molecule has 0 radical (unpaired) electrons. The van der Waals surface area contributed by atoms with Crippen LogP contribution in [0.2, 0.25) is 0 Å². The van der Waals surface area contributed by atoms with E-state index in [9.17, 15) is 9.59 Å². The van der Waals surface area contributed by atoms with Gasteiger partial charge in [0, 0.05) is 75.9 Å². The number of piperazine rings is 1. The Balaban J connectivity index is 1.26. The summed E-state index contributed by atoms with van der Waals surface area (Å²) in [7, 11) is 0. The van der Waals surface area contributed by atoms with Gasteiger partial charge in [-0.1, -0.05) is 6.07 Å². The van der Waals surface area contributed by atoms with Gasteiger partial charge in [0.25, 0.3) is 5.91 Å². The maximum Gasteiger partial charge on any atom is 0.254 e. The van der Waals surface area contributed by atoms with E-state index in [0.29, 0.717) is 43.4 Å². The number of nitrogens with zero attached hydrogens (tertiary/aromatic N) is 4. The Kier molecular flexibility index (Phi) is 6.76. The minimum Gasteiger partial charge on any atom is -0.377 e. The molecule has 8 nitrogen and oxygen atoms in total. The number of hydrogen-bond acceptors (Lipinski definition) is 5. The zero-order valence-electron chi connectivity index (χ0n) is 17.2. The lowest BCUT2D eigenvalue weighted by Crippen LogP contribution is -2.50. The van der Waals surface area contributed by atoms with E-state index in [0.717, 1.165) is 39.1 Å². The summed E-state index contributed by atoms with van der Waals surface area (Å²) in [6.07, 6.45) is 8.19. The lowest BCUT2D eigenvalue weighted by molar-refractivity contribution is -0.116. The number of nitrogens with one attached hydrogen (secondary N) is 1. The van der Waals surface area contributed by atoms with Crippen LogP contribution in [0.1, 0.15) is 29.6 Å². The van der Waals surface area contributed by atoms with Crippen molar-refractivity contribution in [2.45, 2.75) is 31.9 Å². The highest BCUT2D eigenvalue weighted by Crippen LogP contribution is 2.17. The molecule has 1 atom stereocenters. The Morgan fingerprint density at radius 1 is 1.20 bits per heavy atom. The van der Waals surface area contributed by atoms with E-state index >= 15 is 0 Å². The number of rotatable bonds is 7. The Morgan fingerprint density at radius 3 is 2.80 bits per heavy atom. The normalized spacial score (nSPS) is 19.7. The van der Waals surface area contributed by atoms with Crippen molar-refractivity contribution in [3.05, 3.63) is 48.5 Å². The van der Waals surface area contributed by atoms with Crippen LogP contribution < -0.4 is 5.32 Å². The molecule has 30 heavy (non-hydrogen) atoms. The van der Waals surface area contributed by atoms with E-state index in [1.54, 1.807) is 18.6 Å². The number of aromatic nitrogens is 2. The topological polar surface area (TPSA) is 79.7 Å². The van der Waals surface area contributed by atoms with Crippen molar-refractivity contribution in [1.82, 2.24) is 19.4 Å². The minimum absolute atomic E-state index is 0.0151. The molecule has 4 rings (SSSR count). The molecule has 0 aliphatic carbocycles. The van der Waals surface area contributed by atoms with E-state index in [1.165, 1.54) is 0 Å². The number of carbonyl (C=O) groups excluding carboxylic acids is 2. The van der Waals surface area contributed by atoms with Gasteiger partial charge in [0.05, 0.1) is 12.4 Å².